The van der Waals surface area contributed by atoms with Gasteiger partial charge in [0.25, 0.3) is 0 Å². The van der Waals surface area contributed by atoms with Gasteiger partial charge in [0.15, 0.2) is 0 Å². The summed E-state index contributed by atoms with van der Waals surface area (Å²) in [5.74, 6) is 0.103. The Morgan fingerprint density at radius 1 is 1.32 bits per heavy atom. The maximum atomic E-state index is 12.6. The van der Waals surface area contributed by atoms with Crippen LogP contribution in [0.5, 0.6) is 0 Å². The van der Waals surface area contributed by atoms with Gasteiger partial charge in [-0.15, -0.1) is 11.3 Å². The summed E-state index contributed by atoms with van der Waals surface area (Å²) in [5.41, 5.74) is 0.507. The molecule has 0 bridgehead atoms. The molecule has 1 aliphatic heterocycles. The lowest BCUT2D eigenvalue weighted by Gasteiger charge is -2.40. The molecule has 0 aliphatic carbocycles. The van der Waals surface area contributed by atoms with Gasteiger partial charge < -0.3 is 14.5 Å². The van der Waals surface area contributed by atoms with Gasteiger partial charge in [-0.05, 0) is 52.3 Å². The number of rotatable bonds is 3. The Labute approximate surface area is 154 Å². The third-order valence-corrected chi connectivity index (χ3v) is 5.26. The van der Waals surface area contributed by atoms with E-state index in [0.717, 1.165) is 15.3 Å². The smallest absolute Gasteiger partial charge is 0.410 e. The van der Waals surface area contributed by atoms with Crippen LogP contribution >= 0.6 is 11.3 Å². The second-order valence-electron chi connectivity index (χ2n) is 7.59. The van der Waals surface area contributed by atoms with Crippen molar-refractivity contribution in [1.82, 2.24) is 9.80 Å². The predicted octanol–water partition coefficient (Wildman–Crippen LogP) is 3.79. The topological polar surface area (TPSA) is 49.9 Å². The minimum atomic E-state index is -0.510. The van der Waals surface area contributed by atoms with Crippen molar-refractivity contribution < 1.29 is 14.3 Å². The molecule has 0 spiro atoms. The van der Waals surface area contributed by atoms with E-state index >= 15 is 0 Å². The number of thiophene rings is 1. The van der Waals surface area contributed by atoms with Crippen LogP contribution in [-0.2, 0) is 16.0 Å². The predicted molar refractivity (Wildman–Crippen MR) is 102 cm³/mol. The Kier molecular flexibility index (Phi) is 5.93. The van der Waals surface area contributed by atoms with E-state index in [1.54, 1.807) is 16.2 Å². The molecule has 0 unspecified atom stereocenters. The van der Waals surface area contributed by atoms with Crippen molar-refractivity contribution in [1.29, 1.82) is 0 Å². The summed E-state index contributed by atoms with van der Waals surface area (Å²) in [6.45, 7) is 15.0. The molecule has 1 saturated heterocycles. The van der Waals surface area contributed by atoms with Crippen LogP contribution in [0.1, 0.15) is 44.4 Å². The van der Waals surface area contributed by atoms with Crippen molar-refractivity contribution in [3.63, 3.8) is 0 Å². The van der Waals surface area contributed by atoms with E-state index in [-0.39, 0.29) is 18.0 Å². The molecule has 6 heteroatoms. The summed E-state index contributed by atoms with van der Waals surface area (Å²) < 4.78 is 5.44. The molecule has 1 aromatic rings. The Hall–Kier alpha value is -1.82. The van der Waals surface area contributed by atoms with Crippen molar-refractivity contribution >= 4 is 28.9 Å². The Bertz CT molecular complexity index is 660. The van der Waals surface area contributed by atoms with Gasteiger partial charge in [-0.2, -0.15) is 0 Å². The Morgan fingerprint density at radius 2 is 2.00 bits per heavy atom. The van der Waals surface area contributed by atoms with Crippen molar-refractivity contribution in [3.05, 3.63) is 28.5 Å². The number of hydrogen-bond donors (Lipinski definition) is 0. The third-order valence-electron chi connectivity index (χ3n) is 4.02. The summed E-state index contributed by atoms with van der Waals surface area (Å²) in [6, 6.07) is 3.95. The van der Waals surface area contributed by atoms with Crippen LogP contribution in [0.2, 0.25) is 0 Å². The lowest BCUT2D eigenvalue weighted by molar-refractivity contribution is -0.133. The molecule has 2 rings (SSSR count). The van der Waals surface area contributed by atoms with E-state index in [9.17, 15) is 9.59 Å². The number of nitrogens with zero attached hydrogens (tertiary/aromatic N) is 2. The Balaban J connectivity index is 1.92. The quantitative estimate of drug-likeness (QED) is 0.820. The summed E-state index contributed by atoms with van der Waals surface area (Å²) in [5, 5.41) is 0. The second-order valence-corrected chi connectivity index (χ2v) is 8.75. The molecule has 1 fully saturated rings. The molecule has 5 nitrogen and oxygen atoms in total. The van der Waals surface area contributed by atoms with Crippen LogP contribution in [0.15, 0.2) is 18.7 Å². The van der Waals surface area contributed by atoms with E-state index < -0.39 is 5.60 Å². The fraction of sp³-hybridized carbons (Fsp3) is 0.579. The summed E-state index contributed by atoms with van der Waals surface area (Å²) in [6.07, 6.45) is 0.0911. The highest BCUT2D eigenvalue weighted by Crippen LogP contribution is 2.24. The lowest BCUT2D eigenvalue weighted by atomic mass is 10.1. The first-order valence-corrected chi connectivity index (χ1v) is 9.40. The number of carbonyl (C=O) groups excluding carboxylic acids is 2. The molecule has 1 atom stereocenters. The van der Waals surface area contributed by atoms with Crippen LogP contribution in [0.3, 0.4) is 0 Å². The highest BCUT2D eigenvalue weighted by atomic mass is 32.1. The summed E-state index contributed by atoms with van der Waals surface area (Å²) in [4.78, 5) is 30.5. The highest BCUT2D eigenvalue weighted by Gasteiger charge is 2.32. The van der Waals surface area contributed by atoms with Gasteiger partial charge in [-0.1, -0.05) is 6.58 Å². The zero-order chi connectivity index (χ0) is 18.8. The maximum absolute atomic E-state index is 12.6. The van der Waals surface area contributed by atoms with Gasteiger partial charge in [0.05, 0.1) is 6.42 Å². The molecule has 2 amide bonds. The van der Waals surface area contributed by atoms with Crippen LogP contribution < -0.4 is 0 Å². The van der Waals surface area contributed by atoms with Crippen molar-refractivity contribution in [3.8, 4) is 0 Å². The summed E-state index contributed by atoms with van der Waals surface area (Å²) in [7, 11) is 0. The molecule has 0 aromatic carbocycles. The van der Waals surface area contributed by atoms with E-state index in [0.29, 0.717) is 26.1 Å². The second kappa shape index (κ2) is 7.60. The van der Waals surface area contributed by atoms with E-state index in [1.165, 1.54) is 0 Å². The molecular weight excluding hydrogens is 336 g/mol. The number of ether oxygens (including phenoxy) is 1. The average molecular weight is 365 g/mol. The van der Waals surface area contributed by atoms with Gasteiger partial charge in [-0.3, -0.25) is 4.79 Å². The first-order valence-electron chi connectivity index (χ1n) is 8.59. The van der Waals surface area contributed by atoms with Gasteiger partial charge in [0, 0.05) is 35.4 Å². The normalized spacial score (nSPS) is 18.2. The van der Waals surface area contributed by atoms with Crippen LogP contribution in [0.4, 0.5) is 4.79 Å². The Morgan fingerprint density at radius 3 is 2.52 bits per heavy atom. The first-order chi connectivity index (χ1) is 11.6. The lowest BCUT2D eigenvalue weighted by Crippen LogP contribution is -2.56. The number of piperazine rings is 1. The van der Waals surface area contributed by atoms with Crippen LogP contribution in [0.25, 0.3) is 5.57 Å². The molecule has 0 N–H and O–H groups in total. The number of hydrogen-bond acceptors (Lipinski definition) is 4. The standard InChI is InChI=1S/C19H28N2O3S/c1-13(2)16-8-7-15(25-16)11-17(22)20-9-10-21(14(3)12-20)18(23)24-19(4,5)6/h7-8,14H,1,9-12H2,2-6H3/t14-/m0/s1. The van der Waals surface area contributed by atoms with Crippen LogP contribution in [0, 0.1) is 0 Å². The fourth-order valence-corrected chi connectivity index (χ4v) is 3.66. The molecule has 0 radical (unpaired) electrons. The number of carbonyl (C=O) groups is 2. The molecular formula is C19H28N2O3S. The monoisotopic (exact) mass is 364 g/mol. The molecule has 2 heterocycles. The van der Waals surface area contributed by atoms with E-state index in [1.807, 2.05) is 51.7 Å². The third kappa shape index (κ3) is 5.33. The first kappa shape index (κ1) is 19.5. The minimum Gasteiger partial charge on any atom is -0.444 e. The largest absolute Gasteiger partial charge is 0.444 e. The SMILES string of the molecule is C=C(C)c1ccc(CC(=O)N2CCN(C(=O)OC(C)(C)C)[C@@H](C)C2)s1. The maximum Gasteiger partial charge on any atom is 0.410 e. The average Bonchev–Trinajstić information content (AvgIpc) is 2.93. The van der Waals surface area contributed by atoms with Gasteiger partial charge >= 0.3 is 6.09 Å². The minimum absolute atomic E-state index is 0.0538. The van der Waals surface area contributed by atoms with E-state index in [2.05, 4.69) is 6.58 Å². The van der Waals surface area contributed by atoms with Crippen molar-refractivity contribution in [2.45, 2.75) is 52.7 Å². The van der Waals surface area contributed by atoms with Gasteiger partial charge in [0.1, 0.15) is 5.60 Å². The van der Waals surface area contributed by atoms with Crippen LogP contribution in [-0.4, -0.2) is 53.1 Å². The zero-order valence-electron chi connectivity index (χ0n) is 15.8. The highest BCUT2D eigenvalue weighted by molar-refractivity contribution is 7.13. The molecule has 138 valence electrons. The molecule has 1 aromatic heterocycles. The fourth-order valence-electron chi connectivity index (χ4n) is 2.74. The van der Waals surface area contributed by atoms with Crippen molar-refractivity contribution in [2.75, 3.05) is 19.6 Å². The summed E-state index contributed by atoms with van der Waals surface area (Å²) >= 11 is 1.61. The van der Waals surface area contributed by atoms with Crippen molar-refractivity contribution in [2.24, 2.45) is 0 Å². The van der Waals surface area contributed by atoms with E-state index in [4.69, 9.17) is 4.74 Å². The number of allylic oxidation sites excluding steroid dienone is 1. The molecule has 0 saturated carbocycles. The van der Waals surface area contributed by atoms with Gasteiger partial charge in [0.2, 0.25) is 5.91 Å². The molecule has 25 heavy (non-hydrogen) atoms. The zero-order valence-corrected chi connectivity index (χ0v) is 16.6. The van der Waals surface area contributed by atoms with Gasteiger partial charge in [-0.25, -0.2) is 4.79 Å². The number of amides is 2. The molecule has 1 aliphatic rings.